The zero-order valence-electron chi connectivity index (χ0n) is 12.3. The average Bonchev–Trinajstić information content (AvgIpc) is 2.39. The molecule has 2 rings (SSSR count). The average molecular weight is 253 g/mol. The van der Waals surface area contributed by atoms with Crippen molar-refractivity contribution in [2.75, 3.05) is 7.05 Å². The molecule has 0 saturated carbocycles. The Kier molecular flexibility index (Phi) is 4.06. The molecule has 0 aliphatic rings. The Morgan fingerprint density at radius 1 is 0.947 bits per heavy atom. The zero-order valence-corrected chi connectivity index (χ0v) is 12.3. The van der Waals surface area contributed by atoms with E-state index in [1.54, 1.807) is 0 Å². The first kappa shape index (κ1) is 13.8. The second-order valence-electron chi connectivity index (χ2n) is 6.02. The largest absolute Gasteiger partial charge is 0.316 e. The third-order valence-electron chi connectivity index (χ3n) is 3.42. The highest BCUT2D eigenvalue weighted by Gasteiger charge is 2.14. The van der Waals surface area contributed by atoms with Gasteiger partial charge in [-0.15, -0.1) is 0 Å². The fraction of sp³-hybridized carbons (Fsp3) is 0.333. The van der Waals surface area contributed by atoms with Crippen LogP contribution in [0.5, 0.6) is 0 Å². The fourth-order valence-electron chi connectivity index (χ4n) is 2.30. The van der Waals surface area contributed by atoms with E-state index in [-0.39, 0.29) is 5.41 Å². The molecule has 19 heavy (non-hydrogen) atoms. The smallest absolute Gasteiger partial charge is 0.0208 e. The molecule has 0 radical (unpaired) electrons. The third-order valence-corrected chi connectivity index (χ3v) is 3.42. The lowest BCUT2D eigenvalue weighted by atomic mass is 9.85. The highest BCUT2D eigenvalue weighted by molar-refractivity contribution is 5.68. The summed E-state index contributed by atoms with van der Waals surface area (Å²) < 4.78 is 0. The SMILES string of the molecule is CNCc1ccccc1-c1cccc(C(C)(C)C)c1. The van der Waals surface area contributed by atoms with Gasteiger partial charge in [-0.2, -0.15) is 0 Å². The molecule has 2 aromatic rings. The Labute approximate surface area is 116 Å². The Bertz CT molecular complexity index is 550. The summed E-state index contributed by atoms with van der Waals surface area (Å²) in [7, 11) is 1.99. The Morgan fingerprint density at radius 3 is 2.37 bits per heavy atom. The van der Waals surface area contributed by atoms with E-state index in [0.717, 1.165) is 6.54 Å². The second kappa shape index (κ2) is 5.58. The van der Waals surface area contributed by atoms with Crippen molar-refractivity contribution in [3.05, 3.63) is 59.7 Å². The van der Waals surface area contributed by atoms with Gasteiger partial charge in [0.1, 0.15) is 0 Å². The lowest BCUT2D eigenvalue weighted by molar-refractivity contribution is 0.590. The van der Waals surface area contributed by atoms with E-state index in [9.17, 15) is 0 Å². The van der Waals surface area contributed by atoms with Crippen LogP contribution in [0.4, 0.5) is 0 Å². The van der Waals surface area contributed by atoms with Crippen molar-refractivity contribution < 1.29 is 0 Å². The van der Waals surface area contributed by atoms with E-state index in [1.165, 1.54) is 22.3 Å². The minimum absolute atomic E-state index is 0.188. The van der Waals surface area contributed by atoms with Crippen LogP contribution < -0.4 is 5.32 Å². The zero-order chi connectivity index (χ0) is 13.9. The van der Waals surface area contributed by atoms with Crippen LogP contribution in [0.15, 0.2) is 48.5 Å². The molecule has 0 bridgehead atoms. The van der Waals surface area contributed by atoms with Crippen molar-refractivity contribution in [2.45, 2.75) is 32.7 Å². The lowest BCUT2D eigenvalue weighted by Crippen LogP contribution is -2.11. The summed E-state index contributed by atoms with van der Waals surface area (Å²) in [5.74, 6) is 0. The Morgan fingerprint density at radius 2 is 1.68 bits per heavy atom. The molecule has 0 aliphatic heterocycles. The van der Waals surface area contributed by atoms with E-state index in [0.29, 0.717) is 0 Å². The quantitative estimate of drug-likeness (QED) is 0.856. The van der Waals surface area contributed by atoms with Gasteiger partial charge in [-0.3, -0.25) is 0 Å². The second-order valence-corrected chi connectivity index (χ2v) is 6.02. The predicted octanol–water partition coefficient (Wildman–Crippen LogP) is 4.37. The molecule has 0 spiro atoms. The summed E-state index contributed by atoms with van der Waals surface area (Å²) in [5, 5.41) is 3.24. The molecular weight excluding hydrogens is 230 g/mol. The first-order valence-corrected chi connectivity index (χ1v) is 6.86. The van der Waals surface area contributed by atoms with Crippen molar-refractivity contribution in [2.24, 2.45) is 0 Å². The van der Waals surface area contributed by atoms with Gasteiger partial charge in [0.25, 0.3) is 0 Å². The van der Waals surface area contributed by atoms with Gasteiger partial charge in [-0.25, -0.2) is 0 Å². The van der Waals surface area contributed by atoms with Gasteiger partial charge in [-0.05, 0) is 34.7 Å². The number of nitrogens with one attached hydrogen (secondary N) is 1. The predicted molar refractivity (Wildman–Crippen MR) is 83.3 cm³/mol. The molecule has 0 aliphatic carbocycles. The molecule has 0 saturated heterocycles. The van der Waals surface area contributed by atoms with Crippen molar-refractivity contribution in [1.82, 2.24) is 5.32 Å². The van der Waals surface area contributed by atoms with E-state index >= 15 is 0 Å². The number of rotatable bonds is 3. The molecule has 0 amide bonds. The molecule has 0 aromatic heterocycles. The molecule has 100 valence electrons. The molecule has 2 aromatic carbocycles. The van der Waals surface area contributed by atoms with Gasteiger partial charge >= 0.3 is 0 Å². The van der Waals surface area contributed by atoms with E-state index < -0.39 is 0 Å². The number of hydrogen-bond acceptors (Lipinski definition) is 1. The Hall–Kier alpha value is -1.60. The maximum Gasteiger partial charge on any atom is 0.0208 e. The van der Waals surface area contributed by atoms with Gasteiger partial charge in [0.05, 0.1) is 0 Å². The molecule has 0 heterocycles. The van der Waals surface area contributed by atoms with Gasteiger partial charge in [0.2, 0.25) is 0 Å². The van der Waals surface area contributed by atoms with Crippen LogP contribution in [0.25, 0.3) is 11.1 Å². The van der Waals surface area contributed by atoms with Crippen LogP contribution in [0.3, 0.4) is 0 Å². The van der Waals surface area contributed by atoms with Crippen LogP contribution >= 0.6 is 0 Å². The van der Waals surface area contributed by atoms with Crippen LogP contribution in [0.2, 0.25) is 0 Å². The molecule has 0 atom stereocenters. The highest BCUT2D eigenvalue weighted by Crippen LogP contribution is 2.29. The van der Waals surface area contributed by atoms with Gasteiger partial charge in [0, 0.05) is 6.54 Å². The van der Waals surface area contributed by atoms with Gasteiger partial charge in [-0.1, -0.05) is 69.3 Å². The van der Waals surface area contributed by atoms with Crippen LogP contribution in [0, 0.1) is 0 Å². The van der Waals surface area contributed by atoms with Gasteiger partial charge in [0.15, 0.2) is 0 Å². The van der Waals surface area contributed by atoms with Crippen LogP contribution in [-0.4, -0.2) is 7.05 Å². The van der Waals surface area contributed by atoms with Crippen molar-refractivity contribution in [3.63, 3.8) is 0 Å². The molecule has 0 fully saturated rings. The molecule has 1 heteroatoms. The van der Waals surface area contributed by atoms with Crippen LogP contribution in [-0.2, 0) is 12.0 Å². The topological polar surface area (TPSA) is 12.0 Å². The van der Waals surface area contributed by atoms with E-state index in [4.69, 9.17) is 0 Å². The first-order valence-electron chi connectivity index (χ1n) is 6.86. The number of hydrogen-bond donors (Lipinski definition) is 1. The third kappa shape index (κ3) is 3.24. The van der Waals surface area contributed by atoms with E-state index in [2.05, 4.69) is 74.6 Å². The normalized spacial score (nSPS) is 11.6. The standard InChI is InChI=1S/C18H23N/c1-18(2,3)16-10-7-9-14(12-16)17-11-6-5-8-15(17)13-19-4/h5-12,19H,13H2,1-4H3. The number of benzene rings is 2. The minimum Gasteiger partial charge on any atom is -0.316 e. The summed E-state index contributed by atoms with van der Waals surface area (Å²) in [5.41, 5.74) is 5.54. The first-order chi connectivity index (χ1) is 9.02. The highest BCUT2D eigenvalue weighted by atomic mass is 14.8. The van der Waals surface area contributed by atoms with Crippen molar-refractivity contribution in [1.29, 1.82) is 0 Å². The molecule has 1 N–H and O–H groups in total. The monoisotopic (exact) mass is 253 g/mol. The summed E-state index contributed by atoms with van der Waals surface area (Å²) in [4.78, 5) is 0. The molecule has 0 unspecified atom stereocenters. The van der Waals surface area contributed by atoms with E-state index in [1.807, 2.05) is 7.05 Å². The van der Waals surface area contributed by atoms with Crippen molar-refractivity contribution in [3.8, 4) is 11.1 Å². The summed E-state index contributed by atoms with van der Waals surface area (Å²) in [6.07, 6.45) is 0. The molecular formula is C18H23N. The minimum atomic E-state index is 0.188. The fourth-order valence-corrected chi connectivity index (χ4v) is 2.30. The van der Waals surface area contributed by atoms with Crippen LogP contribution in [0.1, 0.15) is 31.9 Å². The maximum atomic E-state index is 3.24. The summed E-state index contributed by atoms with van der Waals surface area (Å²) in [6, 6.07) is 17.5. The summed E-state index contributed by atoms with van der Waals surface area (Å²) in [6.45, 7) is 7.67. The Balaban J connectivity index is 2.48. The van der Waals surface area contributed by atoms with Gasteiger partial charge < -0.3 is 5.32 Å². The maximum absolute atomic E-state index is 3.24. The molecule has 1 nitrogen and oxygen atoms in total. The van der Waals surface area contributed by atoms with Crippen molar-refractivity contribution >= 4 is 0 Å². The lowest BCUT2D eigenvalue weighted by Gasteiger charge is -2.20. The summed E-state index contributed by atoms with van der Waals surface area (Å²) >= 11 is 0.